The summed E-state index contributed by atoms with van der Waals surface area (Å²) in [6.07, 6.45) is 0.603. The molecule has 7 heteroatoms. The maximum absolute atomic E-state index is 12.5. The van der Waals surface area contributed by atoms with Crippen LogP contribution >= 0.6 is 11.8 Å². The van der Waals surface area contributed by atoms with Crippen LogP contribution in [0.3, 0.4) is 0 Å². The minimum atomic E-state index is -0.353. The molecule has 4 rings (SSSR count). The minimum Gasteiger partial charge on any atom is -0.338 e. The summed E-state index contributed by atoms with van der Waals surface area (Å²) < 4.78 is 2.06. The molecule has 0 saturated heterocycles. The Hall–Kier alpha value is -3.58. The van der Waals surface area contributed by atoms with Crippen LogP contribution in [0, 0.1) is 6.92 Å². The zero-order chi connectivity index (χ0) is 23.8. The number of amides is 2. The number of aromatic nitrogens is 3. The van der Waals surface area contributed by atoms with Crippen molar-refractivity contribution in [2.75, 3.05) is 6.54 Å². The number of hydrogen-bond donors (Lipinski definition) is 2. The van der Waals surface area contributed by atoms with Crippen LogP contribution in [0.5, 0.6) is 0 Å². The van der Waals surface area contributed by atoms with E-state index in [1.54, 1.807) is 11.8 Å². The second-order valence-electron chi connectivity index (χ2n) is 8.03. The maximum atomic E-state index is 12.5. The number of nitrogens with one attached hydrogen (secondary N) is 2. The van der Waals surface area contributed by atoms with Crippen molar-refractivity contribution in [3.05, 3.63) is 107 Å². The Morgan fingerprint density at radius 1 is 0.912 bits per heavy atom. The first kappa shape index (κ1) is 23.6. The topological polar surface area (TPSA) is 71.8 Å². The number of aryl methyl sites for hydroxylation is 1. The molecule has 174 valence electrons. The Balaban J connectivity index is 1.72. The fourth-order valence-corrected chi connectivity index (χ4v) is 4.60. The lowest BCUT2D eigenvalue weighted by Gasteiger charge is -2.20. The van der Waals surface area contributed by atoms with E-state index in [1.165, 1.54) is 11.1 Å². The summed E-state index contributed by atoms with van der Waals surface area (Å²) in [5, 5.41) is 15.9. The molecule has 2 amide bonds. The van der Waals surface area contributed by atoms with Gasteiger partial charge < -0.3 is 10.6 Å². The zero-order valence-corrected chi connectivity index (χ0v) is 20.3. The lowest BCUT2D eigenvalue weighted by atomic mass is 10.1. The van der Waals surface area contributed by atoms with Gasteiger partial charge in [0.05, 0.1) is 6.04 Å². The summed E-state index contributed by atoms with van der Waals surface area (Å²) >= 11 is 1.63. The lowest BCUT2D eigenvalue weighted by molar-refractivity contribution is 0.237. The fourth-order valence-electron chi connectivity index (χ4n) is 3.69. The third kappa shape index (κ3) is 6.05. The number of carbonyl (C=O) groups is 1. The number of nitrogens with zero attached hydrogens (tertiary/aromatic N) is 3. The number of benzene rings is 3. The molecule has 0 radical (unpaired) electrons. The van der Waals surface area contributed by atoms with Crippen LogP contribution in [0.15, 0.2) is 90.1 Å². The molecule has 4 aromatic rings. The largest absolute Gasteiger partial charge is 0.338 e. The van der Waals surface area contributed by atoms with Crippen LogP contribution in [0.1, 0.15) is 35.5 Å². The van der Waals surface area contributed by atoms with E-state index >= 15 is 0 Å². The van der Waals surface area contributed by atoms with Gasteiger partial charge in [-0.3, -0.25) is 4.57 Å². The summed E-state index contributed by atoms with van der Waals surface area (Å²) in [4.78, 5) is 12.5. The highest BCUT2D eigenvalue weighted by Gasteiger charge is 2.25. The quantitative estimate of drug-likeness (QED) is 0.318. The van der Waals surface area contributed by atoms with E-state index in [0.29, 0.717) is 18.8 Å². The van der Waals surface area contributed by atoms with E-state index in [4.69, 9.17) is 0 Å². The van der Waals surface area contributed by atoms with Gasteiger partial charge in [0.1, 0.15) is 0 Å². The molecular weight excluding hydrogens is 442 g/mol. The van der Waals surface area contributed by atoms with Crippen molar-refractivity contribution in [1.29, 1.82) is 0 Å². The summed E-state index contributed by atoms with van der Waals surface area (Å²) in [5.41, 5.74) is 4.48. The molecule has 34 heavy (non-hydrogen) atoms. The minimum absolute atomic E-state index is 0.222. The second kappa shape index (κ2) is 11.5. The van der Waals surface area contributed by atoms with E-state index in [0.717, 1.165) is 22.2 Å². The van der Waals surface area contributed by atoms with Crippen LogP contribution in [0.4, 0.5) is 4.79 Å². The third-order valence-electron chi connectivity index (χ3n) is 5.40. The van der Waals surface area contributed by atoms with Crippen LogP contribution in [-0.2, 0) is 12.2 Å². The van der Waals surface area contributed by atoms with Gasteiger partial charge in [-0.05, 0) is 37.1 Å². The molecule has 0 aliphatic heterocycles. The molecule has 0 saturated carbocycles. The van der Waals surface area contributed by atoms with Crippen LogP contribution in [0.25, 0.3) is 5.69 Å². The van der Waals surface area contributed by atoms with Crippen molar-refractivity contribution in [3.8, 4) is 5.69 Å². The molecule has 1 unspecified atom stereocenters. The Labute approximate surface area is 204 Å². The molecular formula is C27H29N5OS. The monoisotopic (exact) mass is 471 g/mol. The molecule has 2 N–H and O–H groups in total. The number of carbonyl (C=O) groups excluding carboxylic acids is 1. The van der Waals surface area contributed by atoms with Crippen molar-refractivity contribution in [2.24, 2.45) is 0 Å². The predicted molar refractivity (Wildman–Crippen MR) is 137 cm³/mol. The van der Waals surface area contributed by atoms with Crippen molar-refractivity contribution in [1.82, 2.24) is 25.4 Å². The highest BCUT2D eigenvalue weighted by atomic mass is 32.2. The Morgan fingerprint density at radius 2 is 1.56 bits per heavy atom. The summed E-state index contributed by atoms with van der Waals surface area (Å²) in [6.45, 7) is 4.52. The van der Waals surface area contributed by atoms with Crippen molar-refractivity contribution in [2.45, 2.75) is 37.2 Å². The molecule has 0 fully saturated rings. The Morgan fingerprint density at radius 3 is 2.21 bits per heavy atom. The summed E-state index contributed by atoms with van der Waals surface area (Å²) in [7, 11) is 0. The van der Waals surface area contributed by atoms with Crippen molar-refractivity contribution < 1.29 is 4.79 Å². The number of rotatable bonds is 9. The third-order valence-corrected chi connectivity index (χ3v) is 6.40. The Bertz CT molecular complexity index is 1190. The summed E-state index contributed by atoms with van der Waals surface area (Å²) in [6, 6.07) is 28.1. The van der Waals surface area contributed by atoms with E-state index in [1.807, 2.05) is 43.3 Å². The number of urea groups is 1. The highest BCUT2D eigenvalue weighted by Crippen LogP contribution is 2.29. The van der Waals surface area contributed by atoms with Gasteiger partial charge in [0.15, 0.2) is 11.0 Å². The fraction of sp³-hybridized carbons (Fsp3) is 0.222. The first-order valence-electron chi connectivity index (χ1n) is 11.4. The van der Waals surface area contributed by atoms with Gasteiger partial charge in [-0.25, -0.2) is 4.79 Å². The second-order valence-corrected chi connectivity index (χ2v) is 8.97. The van der Waals surface area contributed by atoms with Gasteiger partial charge in [-0.15, -0.1) is 10.2 Å². The van der Waals surface area contributed by atoms with Gasteiger partial charge in [-0.2, -0.15) is 0 Å². The summed E-state index contributed by atoms with van der Waals surface area (Å²) in [5.74, 6) is 1.48. The normalized spacial score (nSPS) is 11.7. The lowest BCUT2D eigenvalue weighted by Crippen LogP contribution is -2.39. The molecule has 6 nitrogen and oxygen atoms in total. The average Bonchev–Trinajstić information content (AvgIpc) is 3.28. The smallest absolute Gasteiger partial charge is 0.315 e. The first-order chi connectivity index (χ1) is 16.6. The molecule has 0 spiro atoms. The Kier molecular flexibility index (Phi) is 7.99. The number of hydrogen-bond acceptors (Lipinski definition) is 4. The van der Waals surface area contributed by atoms with Crippen LogP contribution in [-0.4, -0.2) is 27.3 Å². The van der Waals surface area contributed by atoms with Gasteiger partial charge in [-0.1, -0.05) is 90.1 Å². The highest BCUT2D eigenvalue weighted by molar-refractivity contribution is 7.98. The van der Waals surface area contributed by atoms with Gasteiger partial charge in [0.25, 0.3) is 0 Å². The molecule has 3 aromatic carbocycles. The average molecular weight is 472 g/mol. The van der Waals surface area contributed by atoms with E-state index in [9.17, 15) is 4.79 Å². The molecule has 0 aliphatic rings. The molecule has 1 heterocycles. The standard InChI is InChI=1S/C27H29N5OS/c1-3-28-26(33)29-24(18-21-10-6-4-7-11-21)25-30-31-27(34-19-22-12-8-5-9-13-22)32(25)23-16-14-20(2)15-17-23/h4-17,24H,3,18-19H2,1-2H3,(H2,28,29,33). The van der Waals surface area contributed by atoms with Crippen LogP contribution < -0.4 is 10.6 Å². The zero-order valence-electron chi connectivity index (χ0n) is 19.4. The van der Waals surface area contributed by atoms with Gasteiger partial charge >= 0.3 is 6.03 Å². The maximum Gasteiger partial charge on any atom is 0.315 e. The van der Waals surface area contributed by atoms with Gasteiger partial charge in [0.2, 0.25) is 0 Å². The van der Waals surface area contributed by atoms with E-state index in [2.05, 4.69) is 80.9 Å². The van der Waals surface area contributed by atoms with E-state index < -0.39 is 0 Å². The van der Waals surface area contributed by atoms with Gasteiger partial charge in [0, 0.05) is 24.4 Å². The molecule has 1 atom stereocenters. The van der Waals surface area contributed by atoms with Crippen LogP contribution in [0.2, 0.25) is 0 Å². The first-order valence-corrected chi connectivity index (χ1v) is 12.4. The van der Waals surface area contributed by atoms with E-state index in [-0.39, 0.29) is 12.1 Å². The SMILES string of the molecule is CCNC(=O)NC(Cc1ccccc1)c1nnc(SCc2ccccc2)n1-c1ccc(C)cc1. The molecule has 1 aromatic heterocycles. The van der Waals surface area contributed by atoms with Crippen molar-refractivity contribution in [3.63, 3.8) is 0 Å². The number of thioether (sulfide) groups is 1. The molecule has 0 bridgehead atoms. The van der Waals surface area contributed by atoms with Crippen molar-refractivity contribution >= 4 is 17.8 Å². The predicted octanol–water partition coefficient (Wildman–Crippen LogP) is 5.47. The molecule has 0 aliphatic carbocycles.